The van der Waals surface area contributed by atoms with Gasteiger partial charge in [0, 0.05) is 13.1 Å². The predicted octanol–water partition coefficient (Wildman–Crippen LogP) is 2.47. The second-order valence-electron chi connectivity index (χ2n) is 6.92. The normalized spacial score (nSPS) is 20.2. The Morgan fingerprint density at radius 1 is 1.10 bits per heavy atom. The summed E-state index contributed by atoms with van der Waals surface area (Å²) in [5.74, 6) is 0.274. The van der Waals surface area contributed by atoms with Gasteiger partial charge in [-0.05, 0) is 49.2 Å². The maximum Gasteiger partial charge on any atom is 0.320 e. The number of rotatable bonds is 8. The lowest BCUT2D eigenvalue weighted by Gasteiger charge is -2.36. The van der Waals surface area contributed by atoms with E-state index in [2.05, 4.69) is 0 Å². The van der Waals surface area contributed by atoms with Crippen LogP contribution >= 0.6 is 0 Å². The van der Waals surface area contributed by atoms with E-state index in [1.54, 1.807) is 17.0 Å². The van der Waals surface area contributed by atoms with Crippen LogP contribution in [0.5, 0.6) is 11.5 Å². The first-order valence-corrected chi connectivity index (χ1v) is 11.0. The van der Waals surface area contributed by atoms with Crippen molar-refractivity contribution >= 4 is 15.8 Å². The molecule has 2 aromatic rings. The lowest BCUT2D eigenvalue weighted by Crippen LogP contribution is -2.51. The van der Waals surface area contributed by atoms with Crippen molar-refractivity contribution < 1.29 is 27.8 Å². The molecule has 1 saturated heterocycles. The average Bonchev–Trinajstić information content (AvgIpc) is 2.74. The van der Waals surface area contributed by atoms with E-state index < -0.39 is 27.1 Å². The van der Waals surface area contributed by atoms with Gasteiger partial charge in [-0.25, -0.2) is 8.42 Å². The highest BCUT2D eigenvalue weighted by Gasteiger charge is 2.39. The average molecular weight is 419 g/mol. The van der Waals surface area contributed by atoms with E-state index in [0.717, 1.165) is 5.75 Å². The summed E-state index contributed by atoms with van der Waals surface area (Å²) in [7, 11) is -2.11. The Bertz CT molecular complexity index is 914. The van der Waals surface area contributed by atoms with Crippen molar-refractivity contribution in [2.24, 2.45) is 0 Å². The third kappa shape index (κ3) is 5.07. The van der Waals surface area contributed by atoms with E-state index in [-0.39, 0.29) is 11.3 Å². The topological polar surface area (TPSA) is 93.1 Å². The third-order valence-electron chi connectivity index (χ3n) is 5.17. The Morgan fingerprint density at radius 3 is 2.41 bits per heavy atom. The zero-order valence-electron chi connectivity index (χ0n) is 16.2. The number of carboxylic acid groups (broad SMARTS) is 1. The van der Waals surface area contributed by atoms with Gasteiger partial charge in [-0.3, -0.25) is 9.69 Å². The maximum absolute atomic E-state index is 13.0. The fourth-order valence-electron chi connectivity index (χ4n) is 3.54. The molecule has 8 heteroatoms. The van der Waals surface area contributed by atoms with Crippen LogP contribution in [0.2, 0.25) is 0 Å². The molecule has 0 spiro atoms. The highest BCUT2D eigenvalue weighted by molar-refractivity contribution is 7.92. The van der Waals surface area contributed by atoms with Gasteiger partial charge in [-0.2, -0.15) is 0 Å². The highest BCUT2D eigenvalue weighted by Crippen LogP contribution is 2.29. The molecule has 0 amide bonds. The Morgan fingerprint density at radius 2 is 1.79 bits per heavy atom. The monoisotopic (exact) mass is 419 g/mol. The Labute approximate surface area is 170 Å². The molecular formula is C21H25NO6S. The molecule has 3 rings (SSSR count). The first-order chi connectivity index (χ1) is 13.9. The number of hydrogen-bond donors (Lipinski definition) is 1. The lowest BCUT2D eigenvalue weighted by atomic mass is 10.0. The Kier molecular flexibility index (Phi) is 6.76. The summed E-state index contributed by atoms with van der Waals surface area (Å²) in [6.07, 6.45) is 0.429. The standard InChI is InChI=1S/C21H25NO6S/c1-27-16-7-9-18(10-8-16)29(25,26)19-11-12-22(20(15-19)21(23)24)13-14-28-17-5-3-2-4-6-17/h2-10,19-20H,11-15H2,1H3,(H,23,24). The van der Waals surface area contributed by atoms with Crippen LogP contribution in [-0.2, 0) is 14.6 Å². The zero-order valence-corrected chi connectivity index (χ0v) is 17.0. The molecule has 1 aliphatic heterocycles. The first-order valence-electron chi connectivity index (χ1n) is 9.44. The molecule has 2 unspecified atom stereocenters. The second kappa shape index (κ2) is 9.28. The van der Waals surface area contributed by atoms with Crippen molar-refractivity contribution in [3.05, 3.63) is 54.6 Å². The predicted molar refractivity (Wildman–Crippen MR) is 108 cm³/mol. The molecule has 156 valence electrons. The van der Waals surface area contributed by atoms with Gasteiger partial charge in [-0.1, -0.05) is 18.2 Å². The fourth-order valence-corrected chi connectivity index (χ4v) is 5.30. The van der Waals surface area contributed by atoms with E-state index in [0.29, 0.717) is 31.9 Å². The number of likely N-dealkylation sites (tertiary alicyclic amines) is 1. The number of sulfone groups is 1. The molecule has 29 heavy (non-hydrogen) atoms. The summed E-state index contributed by atoms with van der Waals surface area (Å²) in [6, 6.07) is 14.6. The molecule has 2 aromatic carbocycles. The van der Waals surface area contributed by atoms with Crippen molar-refractivity contribution in [3.8, 4) is 11.5 Å². The van der Waals surface area contributed by atoms with Crippen molar-refractivity contribution in [1.82, 2.24) is 4.90 Å². The van der Waals surface area contributed by atoms with Gasteiger partial charge in [0.25, 0.3) is 0 Å². The number of nitrogens with zero attached hydrogens (tertiary/aromatic N) is 1. The van der Waals surface area contributed by atoms with Gasteiger partial charge < -0.3 is 14.6 Å². The van der Waals surface area contributed by atoms with E-state index in [1.807, 2.05) is 30.3 Å². The van der Waals surface area contributed by atoms with Gasteiger partial charge in [0.15, 0.2) is 9.84 Å². The molecule has 1 heterocycles. The van der Waals surface area contributed by atoms with Crippen molar-refractivity contribution in [2.45, 2.75) is 29.0 Å². The largest absolute Gasteiger partial charge is 0.497 e. The van der Waals surface area contributed by atoms with Gasteiger partial charge >= 0.3 is 5.97 Å². The summed E-state index contributed by atoms with van der Waals surface area (Å²) in [5, 5.41) is 8.92. The molecule has 0 aliphatic carbocycles. The number of ether oxygens (including phenoxy) is 2. The van der Waals surface area contributed by atoms with Crippen LogP contribution in [0.15, 0.2) is 59.5 Å². The van der Waals surface area contributed by atoms with E-state index in [4.69, 9.17) is 9.47 Å². The summed E-state index contributed by atoms with van der Waals surface area (Å²) in [6.45, 7) is 1.14. The smallest absolute Gasteiger partial charge is 0.320 e. The van der Waals surface area contributed by atoms with Crippen LogP contribution < -0.4 is 9.47 Å². The summed E-state index contributed by atoms with van der Waals surface area (Å²) >= 11 is 0. The number of piperidine rings is 1. The Hall–Kier alpha value is -2.58. The molecule has 0 bridgehead atoms. The Balaban J connectivity index is 1.65. The molecule has 1 N–H and O–H groups in total. The van der Waals surface area contributed by atoms with Gasteiger partial charge in [-0.15, -0.1) is 0 Å². The number of carbonyl (C=O) groups is 1. The van der Waals surface area contributed by atoms with E-state index >= 15 is 0 Å². The molecule has 1 aliphatic rings. The minimum absolute atomic E-state index is 0.0506. The minimum Gasteiger partial charge on any atom is -0.497 e. The van der Waals surface area contributed by atoms with Crippen LogP contribution in [0.3, 0.4) is 0 Å². The summed E-state index contributed by atoms with van der Waals surface area (Å²) in [5.41, 5.74) is 0. The first kappa shape index (κ1) is 21.1. The molecule has 0 aromatic heterocycles. The molecule has 0 saturated carbocycles. The fraction of sp³-hybridized carbons (Fsp3) is 0.381. The summed E-state index contributed by atoms with van der Waals surface area (Å²) in [4.78, 5) is 13.8. The number of carboxylic acids is 1. The molecule has 2 atom stereocenters. The van der Waals surface area contributed by atoms with Gasteiger partial charge in [0.2, 0.25) is 0 Å². The second-order valence-corrected chi connectivity index (χ2v) is 9.15. The van der Waals surface area contributed by atoms with Crippen molar-refractivity contribution in [1.29, 1.82) is 0 Å². The number of aliphatic carboxylic acids is 1. The van der Waals surface area contributed by atoms with Crippen molar-refractivity contribution in [2.75, 3.05) is 26.8 Å². The van der Waals surface area contributed by atoms with Crippen LogP contribution in [0, 0.1) is 0 Å². The quantitative estimate of drug-likeness (QED) is 0.702. The minimum atomic E-state index is -3.62. The number of methoxy groups -OCH3 is 1. The lowest BCUT2D eigenvalue weighted by molar-refractivity contribution is -0.144. The molecular weight excluding hydrogens is 394 g/mol. The molecule has 1 fully saturated rings. The highest BCUT2D eigenvalue weighted by atomic mass is 32.2. The van der Waals surface area contributed by atoms with Crippen LogP contribution in [-0.4, -0.2) is 62.5 Å². The number of hydrogen-bond acceptors (Lipinski definition) is 6. The maximum atomic E-state index is 13.0. The zero-order chi connectivity index (χ0) is 20.9. The molecule has 7 nitrogen and oxygen atoms in total. The van der Waals surface area contributed by atoms with E-state index in [1.165, 1.54) is 19.2 Å². The third-order valence-corrected chi connectivity index (χ3v) is 7.40. The number of para-hydroxylation sites is 1. The summed E-state index contributed by atoms with van der Waals surface area (Å²) < 4.78 is 36.7. The van der Waals surface area contributed by atoms with Crippen LogP contribution in [0.25, 0.3) is 0 Å². The van der Waals surface area contributed by atoms with Crippen LogP contribution in [0.4, 0.5) is 0 Å². The SMILES string of the molecule is COc1ccc(S(=O)(=O)C2CCN(CCOc3ccccc3)C(C(=O)O)C2)cc1. The van der Waals surface area contributed by atoms with Crippen molar-refractivity contribution in [3.63, 3.8) is 0 Å². The molecule has 0 radical (unpaired) electrons. The van der Waals surface area contributed by atoms with E-state index in [9.17, 15) is 18.3 Å². The number of benzene rings is 2. The van der Waals surface area contributed by atoms with Gasteiger partial charge in [0.05, 0.1) is 17.3 Å². The van der Waals surface area contributed by atoms with Crippen LogP contribution in [0.1, 0.15) is 12.8 Å². The van der Waals surface area contributed by atoms with Gasteiger partial charge in [0.1, 0.15) is 24.1 Å².